The fourth-order valence-corrected chi connectivity index (χ4v) is 2.20. The average Bonchev–Trinajstić information content (AvgIpc) is 3.10. The minimum absolute atomic E-state index is 0.0510. The number of rotatable bonds is 6. The molecule has 106 valence electrons. The lowest BCUT2D eigenvalue weighted by molar-refractivity contribution is 0.0921. The highest BCUT2D eigenvalue weighted by Crippen LogP contribution is 2.41. The molecule has 1 heterocycles. The molecule has 1 fully saturated rings. The van der Waals surface area contributed by atoms with Crippen molar-refractivity contribution in [3.63, 3.8) is 0 Å². The number of hydrogen-bond acceptors (Lipinski definition) is 3. The highest BCUT2D eigenvalue weighted by atomic mass is 16.3. The third kappa shape index (κ3) is 3.35. The SMILES string of the molecule is CC(C)Cn1ncc(C(=O)NC(C)CO)c1C1CC1. The first-order valence-corrected chi connectivity index (χ1v) is 7.00. The zero-order chi connectivity index (χ0) is 14.0. The van der Waals surface area contributed by atoms with E-state index >= 15 is 0 Å². The molecule has 0 saturated heterocycles. The van der Waals surface area contributed by atoms with Crippen LogP contribution in [-0.4, -0.2) is 33.4 Å². The molecule has 0 radical (unpaired) electrons. The molecule has 19 heavy (non-hydrogen) atoms. The fraction of sp³-hybridized carbons (Fsp3) is 0.714. The van der Waals surface area contributed by atoms with Crippen molar-refractivity contribution in [3.05, 3.63) is 17.5 Å². The number of carbonyl (C=O) groups excluding carboxylic acids is 1. The van der Waals surface area contributed by atoms with Gasteiger partial charge in [0.2, 0.25) is 0 Å². The lowest BCUT2D eigenvalue weighted by atomic mass is 10.1. The highest BCUT2D eigenvalue weighted by Gasteiger charge is 2.32. The van der Waals surface area contributed by atoms with Crippen molar-refractivity contribution in [2.45, 2.75) is 52.1 Å². The maximum atomic E-state index is 12.2. The summed E-state index contributed by atoms with van der Waals surface area (Å²) in [4.78, 5) is 12.2. The standard InChI is InChI=1S/C14H23N3O2/c1-9(2)7-17-13(11-4-5-11)12(6-15-17)14(19)16-10(3)8-18/h6,9-11,18H,4-5,7-8H2,1-3H3,(H,16,19). The van der Waals surface area contributed by atoms with Crippen molar-refractivity contribution in [2.24, 2.45) is 5.92 Å². The van der Waals surface area contributed by atoms with Gasteiger partial charge in [-0.1, -0.05) is 13.8 Å². The Morgan fingerprint density at radius 1 is 1.53 bits per heavy atom. The molecule has 0 bridgehead atoms. The number of nitrogens with zero attached hydrogens (tertiary/aromatic N) is 2. The van der Waals surface area contributed by atoms with Crippen LogP contribution in [-0.2, 0) is 6.54 Å². The van der Waals surface area contributed by atoms with E-state index in [0.29, 0.717) is 17.4 Å². The first-order valence-electron chi connectivity index (χ1n) is 7.00. The van der Waals surface area contributed by atoms with E-state index in [9.17, 15) is 4.79 Å². The van der Waals surface area contributed by atoms with Crippen molar-refractivity contribution >= 4 is 5.91 Å². The van der Waals surface area contributed by atoms with Crippen molar-refractivity contribution in [3.8, 4) is 0 Å². The van der Waals surface area contributed by atoms with E-state index in [4.69, 9.17) is 5.11 Å². The molecule has 1 aromatic rings. The van der Waals surface area contributed by atoms with Crippen LogP contribution in [0, 0.1) is 5.92 Å². The van der Waals surface area contributed by atoms with Gasteiger partial charge in [-0.05, 0) is 25.7 Å². The minimum Gasteiger partial charge on any atom is -0.394 e. The lowest BCUT2D eigenvalue weighted by Gasteiger charge is -2.13. The summed E-state index contributed by atoms with van der Waals surface area (Å²) in [7, 11) is 0. The Labute approximate surface area is 114 Å². The molecular weight excluding hydrogens is 242 g/mol. The topological polar surface area (TPSA) is 67.2 Å². The largest absolute Gasteiger partial charge is 0.394 e. The fourth-order valence-electron chi connectivity index (χ4n) is 2.20. The van der Waals surface area contributed by atoms with Crippen molar-refractivity contribution < 1.29 is 9.90 Å². The second-order valence-corrected chi connectivity index (χ2v) is 5.85. The monoisotopic (exact) mass is 265 g/mol. The number of aromatic nitrogens is 2. The average molecular weight is 265 g/mol. The Morgan fingerprint density at radius 3 is 2.74 bits per heavy atom. The zero-order valence-electron chi connectivity index (χ0n) is 11.9. The number of amides is 1. The van der Waals surface area contributed by atoms with Gasteiger partial charge in [0, 0.05) is 18.5 Å². The van der Waals surface area contributed by atoms with Gasteiger partial charge in [0.15, 0.2) is 0 Å². The third-order valence-corrected chi connectivity index (χ3v) is 3.28. The van der Waals surface area contributed by atoms with E-state index < -0.39 is 0 Å². The van der Waals surface area contributed by atoms with Gasteiger partial charge in [-0.25, -0.2) is 0 Å². The smallest absolute Gasteiger partial charge is 0.255 e. The van der Waals surface area contributed by atoms with Gasteiger partial charge in [0.25, 0.3) is 5.91 Å². The number of aliphatic hydroxyl groups excluding tert-OH is 1. The predicted octanol–water partition coefficient (Wildman–Crippen LogP) is 1.53. The summed E-state index contributed by atoms with van der Waals surface area (Å²) in [5.41, 5.74) is 1.74. The summed E-state index contributed by atoms with van der Waals surface area (Å²) in [5, 5.41) is 16.2. The zero-order valence-corrected chi connectivity index (χ0v) is 11.9. The molecule has 1 unspecified atom stereocenters. The van der Waals surface area contributed by atoms with Crippen molar-refractivity contribution in [2.75, 3.05) is 6.61 Å². The Balaban J connectivity index is 2.20. The van der Waals surface area contributed by atoms with Crippen LogP contribution in [0.3, 0.4) is 0 Å². The molecular formula is C14H23N3O2. The number of aliphatic hydroxyl groups is 1. The van der Waals surface area contributed by atoms with E-state index in [1.54, 1.807) is 13.1 Å². The van der Waals surface area contributed by atoms with Crippen LogP contribution in [0.15, 0.2) is 6.20 Å². The molecule has 1 saturated carbocycles. The quantitative estimate of drug-likeness (QED) is 0.819. The van der Waals surface area contributed by atoms with Crippen molar-refractivity contribution in [1.29, 1.82) is 0 Å². The Hall–Kier alpha value is -1.36. The number of hydrogen-bond donors (Lipinski definition) is 2. The predicted molar refractivity (Wildman–Crippen MR) is 73.1 cm³/mol. The van der Waals surface area contributed by atoms with E-state index in [1.165, 1.54) is 0 Å². The minimum atomic E-state index is -0.229. The summed E-state index contributed by atoms with van der Waals surface area (Å²) in [6.45, 7) is 6.87. The summed E-state index contributed by atoms with van der Waals surface area (Å²) in [6, 6.07) is -0.229. The molecule has 1 atom stereocenters. The summed E-state index contributed by atoms with van der Waals surface area (Å²) in [5.74, 6) is 0.856. The summed E-state index contributed by atoms with van der Waals surface area (Å²) in [6.07, 6.45) is 3.94. The van der Waals surface area contributed by atoms with Crippen LogP contribution in [0.25, 0.3) is 0 Å². The van der Waals surface area contributed by atoms with Crippen LogP contribution in [0.2, 0.25) is 0 Å². The second kappa shape index (κ2) is 5.74. The van der Waals surface area contributed by atoms with E-state index in [1.807, 2.05) is 4.68 Å². The van der Waals surface area contributed by atoms with Crippen LogP contribution < -0.4 is 5.32 Å². The third-order valence-electron chi connectivity index (χ3n) is 3.28. The van der Waals surface area contributed by atoms with Crippen LogP contribution >= 0.6 is 0 Å². The van der Waals surface area contributed by atoms with Crippen LogP contribution in [0.4, 0.5) is 0 Å². The van der Waals surface area contributed by atoms with Gasteiger partial charge in [0.05, 0.1) is 24.1 Å². The van der Waals surface area contributed by atoms with Gasteiger partial charge in [-0.2, -0.15) is 5.10 Å². The highest BCUT2D eigenvalue weighted by molar-refractivity contribution is 5.95. The first-order chi connectivity index (χ1) is 9.02. The molecule has 5 nitrogen and oxygen atoms in total. The van der Waals surface area contributed by atoms with E-state index in [2.05, 4.69) is 24.3 Å². The number of nitrogens with one attached hydrogen (secondary N) is 1. The molecule has 5 heteroatoms. The normalized spacial score (nSPS) is 16.7. The number of carbonyl (C=O) groups is 1. The summed E-state index contributed by atoms with van der Waals surface area (Å²) >= 11 is 0. The van der Waals surface area contributed by atoms with Gasteiger partial charge in [-0.15, -0.1) is 0 Å². The Morgan fingerprint density at radius 2 is 2.21 bits per heavy atom. The van der Waals surface area contributed by atoms with Gasteiger partial charge < -0.3 is 10.4 Å². The van der Waals surface area contributed by atoms with Crippen LogP contribution in [0.5, 0.6) is 0 Å². The van der Waals surface area contributed by atoms with Crippen LogP contribution in [0.1, 0.15) is 55.6 Å². The molecule has 2 N–H and O–H groups in total. The molecule has 0 aliphatic heterocycles. The Kier molecular flexibility index (Phi) is 4.24. The van der Waals surface area contributed by atoms with Gasteiger partial charge in [0.1, 0.15) is 0 Å². The lowest BCUT2D eigenvalue weighted by Crippen LogP contribution is -2.35. The summed E-state index contributed by atoms with van der Waals surface area (Å²) < 4.78 is 1.97. The molecule has 1 aliphatic rings. The maximum Gasteiger partial charge on any atom is 0.255 e. The van der Waals surface area contributed by atoms with E-state index in [-0.39, 0.29) is 18.6 Å². The first kappa shape index (κ1) is 14.1. The van der Waals surface area contributed by atoms with E-state index in [0.717, 1.165) is 25.1 Å². The molecule has 1 aromatic heterocycles. The van der Waals surface area contributed by atoms with Crippen molar-refractivity contribution in [1.82, 2.24) is 15.1 Å². The maximum absolute atomic E-state index is 12.2. The van der Waals surface area contributed by atoms with Gasteiger partial charge in [-0.3, -0.25) is 9.48 Å². The molecule has 2 rings (SSSR count). The molecule has 1 amide bonds. The Bertz CT molecular complexity index is 450. The molecule has 1 aliphatic carbocycles. The second-order valence-electron chi connectivity index (χ2n) is 5.85. The molecule has 0 spiro atoms. The van der Waals surface area contributed by atoms with Gasteiger partial charge >= 0.3 is 0 Å². The molecule has 0 aromatic carbocycles.